The van der Waals surface area contributed by atoms with Crippen LogP contribution in [0.4, 0.5) is 0 Å². The Balaban J connectivity index is 2.38. The summed E-state index contributed by atoms with van der Waals surface area (Å²) >= 11 is 0. The fraction of sp³-hybridized carbons (Fsp3) is 1.00. The lowest BCUT2D eigenvalue weighted by molar-refractivity contribution is 0.0560. The lowest BCUT2D eigenvalue weighted by Gasteiger charge is -2.34. The van der Waals surface area contributed by atoms with Gasteiger partial charge >= 0.3 is 0 Å². The van der Waals surface area contributed by atoms with Crippen LogP contribution in [0.3, 0.4) is 0 Å². The Morgan fingerprint density at radius 2 is 2.12 bits per heavy atom. The van der Waals surface area contributed by atoms with Crippen LogP contribution in [0.1, 0.15) is 40.5 Å². The summed E-state index contributed by atoms with van der Waals surface area (Å²) < 4.78 is 5.71. The van der Waals surface area contributed by atoms with Gasteiger partial charge in [0.1, 0.15) is 0 Å². The molecule has 3 heteroatoms. The number of nitrogens with zero attached hydrogens (tertiary/aromatic N) is 1. The average molecular weight is 228 g/mol. The van der Waals surface area contributed by atoms with E-state index in [0.717, 1.165) is 26.2 Å². The van der Waals surface area contributed by atoms with Crippen molar-refractivity contribution < 1.29 is 4.74 Å². The van der Waals surface area contributed by atoms with Crippen LogP contribution in [-0.4, -0.2) is 49.3 Å². The molecule has 96 valence electrons. The molecule has 1 aliphatic rings. The van der Waals surface area contributed by atoms with Crippen molar-refractivity contribution in [1.82, 2.24) is 10.2 Å². The van der Waals surface area contributed by atoms with E-state index in [0.29, 0.717) is 18.2 Å². The van der Waals surface area contributed by atoms with Gasteiger partial charge in [-0.1, -0.05) is 13.8 Å². The quantitative estimate of drug-likeness (QED) is 0.720. The molecule has 3 nitrogen and oxygen atoms in total. The molecule has 0 amide bonds. The van der Waals surface area contributed by atoms with Gasteiger partial charge in [0.05, 0.1) is 6.10 Å². The molecule has 0 spiro atoms. The summed E-state index contributed by atoms with van der Waals surface area (Å²) in [5.74, 6) is 0. The zero-order valence-corrected chi connectivity index (χ0v) is 11.3. The Kier molecular flexibility index (Phi) is 6.32. The smallest absolute Gasteiger partial charge is 0.0702 e. The summed E-state index contributed by atoms with van der Waals surface area (Å²) in [5, 5.41) is 3.50. The highest BCUT2D eigenvalue weighted by Crippen LogP contribution is 2.15. The molecule has 0 aromatic rings. The summed E-state index contributed by atoms with van der Waals surface area (Å²) in [4.78, 5) is 2.53. The highest BCUT2D eigenvalue weighted by molar-refractivity contribution is 4.80. The van der Waals surface area contributed by atoms with E-state index in [1.807, 2.05) is 0 Å². The molecule has 1 heterocycles. The maximum absolute atomic E-state index is 5.71. The lowest BCUT2D eigenvalue weighted by atomic mass is 10.1. The van der Waals surface area contributed by atoms with Crippen molar-refractivity contribution in [2.24, 2.45) is 0 Å². The molecular formula is C13H28N2O. The van der Waals surface area contributed by atoms with Crippen molar-refractivity contribution in [3.05, 3.63) is 0 Å². The van der Waals surface area contributed by atoms with Crippen molar-refractivity contribution in [1.29, 1.82) is 0 Å². The first-order chi connectivity index (χ1) is 7.69. The summed E-state index contributed by atoms with van der Waals surface area (Å²) in [5.41, 5.74) is 0. The van der Waals surface area contributed by atoms with Crippen LogP contribution >= 0.6 is 0 Å². The van der Waals surface area contributed by atoms with Gasteiger partial charge in [0.15, 0.2) is 0 Å². The van der Waals surface area contributed by atoms with Crippen LogP contribution in [0.2, 0.25) is 0 Å². The molecule has 1 aliphatic heterocycles. The van der Waals surface area contributed by atoms with E-state index in [-0.39, 0.29) is 0 Å². The highest BCUT2D eigenvalue weighted by atomic mass is 16.5. The van der Waals surface area contributed by atoms with Gasteiger partial charge in [0.2, 0.25) is 0 Å². The van der Waals surface area contributed by atoms with Crippen LogP contribution in [0.25, 0.3) is 0 Å². The highest BCUT2D eigenvalue weighted by Gasteiger charge is 2.23. The Morgan fingerprint density at radius 1 is 1.38 bits per heavy atom. The van der Waals surface area contributed by atoms with Gasteiger partial charge in [-0.3, -0.25) is 4.90 Å². The molecule has 0 aliphatic carbocycles. The van der Waals surface area contributed by atoms with Gasteiger partial charge in [0, 0.05) is 25.2 Å². The summed E-state index contributed by atoms with van der Waals surface area (Å²) in [6.07, 6.45) is 2.94. The largest absolute Gasteiger partial charge is 0.377 e. The first-order valence-corrected chi connectivity index (χ1v) is 6.78. The van der Waals surface area contributed by atoms with Gasteiger partial charge in [-0.15, -0.1) is 0 Å². The van der Waals surface area contributed by atoms with Crippen molar-refractivity contribution in [2.45, 2.75) is 58.7 Å². The second kappa shape index (κ2) is 7.25. The Hall–Kier alpha value is -0.120. The standard InChI is InChI=1S/C13H28N2O/c1-5-14-11(3)12(4)15(6-2)10-13-8-7-9-16-13/h11-14H,5-10H2,1-4H3. The van der Waals surface area contributed by atoms with Gasteiger partial charge in [-0.25, -0.2) is 0 Å². The Morgan fingerprint density at radius 3 is 2.62 bits per heavy atom. The monoisotopic (exact) mass is 228 g/mol. The van der Waals surface area contributed by atoms with E-state index < -0.39 is 0 Å². The molecule has 1 N–H and O–H groups in total. The molecule has 3 unspecified atom stereocenters. The van der Waals surface area contributed by atoms with Crippen LogP contribution in [0.15, 0.2) is 0 Å². The number of likely N-dealkylation sites (N-methyl/N-ethyl adjacent to an activating group) is 2. The predicted octanol–water partition coefficient (Wildman–Crippen LogP) is 1.87. The summed E-state index contributed by atoms with van der Waals surface area (Å²) in [6, 6.07) is 1.13. The molecule has 16 heavy (non-hydrogen) atoms. The summed E-state index contributed by atoms with van der Waals surface area (Å²) in [7, 11) is 0. The zero-order chi connectivity index (χ0) is 12.0. The molecule has 1 fully saturated rings. The first kappa shape index (κ1) is 13.9. The van der Waals surface area contributed by atoms with E-state index in [1.54, 1.807) is 0 Å². The molecule has 1 saturated heterocycles. The zero-order valence-electron chi connectivity index (χ0n) is 11.3. The first-order valence-electron chi connectivity index (χ1n) is 6.78. The van der Waals surface area contributed by atoms with Crippen LogP contribution in [-0.2, 0) is 4.74 Å². The van der Waals surface area contributed by atoms with Crippen molar-refractivity contribution in [3.8, 4) is 0 Å². The minimum absolute atomic E-state index is 0.469. The van der Waals surface area contributed by atoms with E-state index >= 15 is 0 Å². The van der Waals surface area contributed by atoms with Crippen LogP contribution in [0.5, 0.6) is 0 Å². The number of rotatable bonds is 7. The van der Waals surface area contributed by atoms with Gasteiger partial charge < -0.3 is 10.1 Å². The average Bonchev–Trinajstić information content (AvgIpc) is 2.78. The van der Waals surface area contributed by atoms with E-state index in [1.165, 1.54) is 12.8 Å². The number of hydrogen-bond donors (Lipinski definition) is 1. The SMILES string of the molecule is CCNC(C)C(C)N(CC)CC1CCCO1. The fourth-order valence-electron chi connectivity index (χ4n) is 2.44. The third kappa shape index (κ3) is 4.04. The van der Waals surface area contributed by atoms with Gasteiger partial charge in [0.25, 0.3) is 0 Å². The van der Waals surface area contributed by atoms with Crippen molar-refractivity contribution in [3.63, 3.8) is 0 Å². The van der Waals surface area contributed by atoms with Crippen molar-refractivity contribution >= 4 is 0 Å². The molecule has 0 aromatic heterocycles. The summed E-state index contributed by atoms with van der Waals surface area (Å²) in [6.45, 7) is 13.2. The van der Waals surface area contributed by atoms with E-state index in [4.69, 9.17) is 4.74 Å². The third-order valence-electron chi connectivity index (χ3n) is 3.69. The number of ether oxygens (including phenoxy) is 1. The minimum atomic E-state index is 0.469. The molecule has 0 radical (unpaired) electrons. The predicted molar refractivity (Wildman–Crippen MR) is 68.8 cm³/mol. The molecule has 3 atom stereocenters. The molecule has 1 rings (SSSR count). The maximum Gasteiger partial charge on any atom is 0.0702 e. The number of nitrogens with one attached hydrogen (secondary N) is 1. The number of hydrogen-bond acceptors (Lipinski definition) is 3. The fourth-order valence-corrected chi connectivity index (χ4v) is 2.44. The second-order valence-corrected chi connectivity index (χ2v) is 4.81. The molecule has 0 aromatic carbocycles. The molecular weight excluding hydrogens is 200 g/mol. The van der Waals surface area contributed by atoms with Gasteiger partial charge in [-0.2, -0.15) is 0 Å². The lowest BCUT2D eigenvalue weighted by Crippen LogP contribution is -2.49. The van der Waals surface area contributed by atoms with Crippen LogP contribution < -0.4 is 5.32 Å². The van der Waals surface area contributed by atoms with E-state index in [9.17, 15) is 0 Å². The Bertz CT molecular complexity index is 181. The second-order valence-electron chi connectivity index (χ2n) is 4.81. The normalized spacial score (nSPS) is 24.9. The van der Waals surface area contributed by atoms with Gasteiger partial charge in [-0.05, 0) is 39.8 Å². The topological polar surface area (TPSA) is 24.5 Å². The Labute approximate surface area is 101 Å². The van der Waals surface area contributed by atoms with Crippen molar-refractivity contribution in [2.75, 3.05) is 26.2 Å². The van der Waals surface area contributed by atoms with Crippen LogP contribution in [0, 0.1) is 0 Å². The third-order valence-corrected chi connectivity index (χ3v) is 3.69. The minimum Gasteiger partial charge on any atom is -0.377 e. The molecule has 0 bridgehead atoms. The maximum atomic E-state index is 5.71. The molecule has 0 saturated carbocycles. The van der Waals surface area contributed by atoms with E-state index in [2.05, 4.69) is 37.9 Å².